The van der Waals surface area contributed by atoms with Gasteiger partial charge < -0.3 is 10.5 Å². The summed E-state index contributed by atoms with van der Waals surface area (Å²) < 4.78 is 5.61. The summed E-state index contributed by atoms with van der Waals surface area (Å²) >= 11 is 0. The van der Waals surface area contributed by atoms with Crippen LogP contribution in [0.2, 0.25) is 0 Å². The lowest BCUT2D eigenvalue weighted by molar-refractivity contribution is -0.127. The van der Waals surface area contributed by atoms with Crippen molar-refractivity contribution in [3.8, 4) is 16.9 Å². The summed E-state index contributed by atoms with van der Waals surface area (Å²) in [6.07, 6.45) is 4.99. The highest BCUT2D eigenvalue weighted by Crippen LogP contribution is 2.36. The number of hydrogen-bond donors (Lipinski definition) is 1. The number of carbonyl (C=O) groups excluding carboxylic acids is 1. The minimum Gasteiger partial charge on any atom is -0.496 e. The molecule has 160 valence electrons. The number of primary amides is 1. The average Bonchev–Trinajstić information content (AvgIpc) is 3.18. The highest BCUT2D eigenvalue weighted by molar-refractivity contribution is 5.82. The van der Waals surface area contributed by atoms with Crippen LogP contribution in [0.4, 0.5) is 0 Å². The number of amides is 1. The molecular weight excluding hydrogens is 386 g/mol. The van der Waals surface area contributed by atoms with Crippen LogP contribution >= 0.6 is 0 Å². The van der Waals surface area contributed by atoms with Crippen molar-refractivity contribution in [2.24, 2.45) is 11.1 Å². The van der Waals surface area contributed by atoms with E-state index in [9.17, 15) is 4.79 Å². The largest absolute Gasteiger partial charge is 0.496 e. The maximum absolute atomic E-state index is 12.6. The Labute approximate surface area is 183 Å². The molecule has 0 spiro atoms. The molecule has 0 aliphatic carbocycles. The molecule has 3 aromatic rings. The van der Waals surface area contributed by atoms with E-state index in [2.05, 4.69) is 53.2 Å². The van der Waals surface area contributed by atoms with Crippen LogP contribution in [-0.2, 0) is 17.8 Å². The molecule has 0 saturated carbocycles. The van der Waals surface area contributed by atoms with Crippen LogP contribution < -0.4 is 10.5 Å². The number of rotatable bonds is 7. The van der Waals surface area contributed by atoms with Gasteiger partial charge >= 0.3 is 0 Å². The molecule has 0 radical (unpaired) electrons. The van der Waals surface area contributed by atoms with E-state index in [1.54, 1.807) is 19.5 Å². The number of aromatic nitrogens is 1. The van der Waals surface area contributed by atoms with Crippen LogP contribution in [0.5, 0.6) is 5.75 Å². The van der Waals surface area contributed by atoms with Gasteiger partial charge in [-0.15, -0.1) is 0 Å². The molecule has 1 aliphatic rings. The fraction of sp³-hybridized carbons (Fsp3) is 0.308. The second kappa shape index (κ2) is 8.90. The first-order chi connectivity index (χ1) is 15.0. The highest BCUT2D eigenvalue weighted by atomic mass is 16.5. The Morgan fingerprint density at radius 2 is 1.90 bits per heavy atom. The first-order valence-electron chi connectivity index (χ1n) is 10.6. The molecule has 1 amide bonds. The summed E-state index contributed by atoms with van der Waals surface area (Å²) in [6.45, 7) is 4.29. The molecule has 31 heavy (non-hydrogen) atoms. The van der Waals surface area contributed by atoms with Crippen LogP contribution in [0.15, 0.2) is 67.0 Å². The van der Waals surface area contributed by atoms with Gasteiger partial charge in [-0.2, -0.15) is 0 Å². The first-order valence-corrected chi connectivity index (χ1v) is 10.6. The third kappa shape index (κ3) is 4.47. The van der Waals surface area contributed by atoms with Gasteiger partial charge in [0.2, 0.25) is 5.91 Å². The summed E-state index contributed by atoms with van der Waals surface area (Å²) in [5.41, 5.74) is 11.0. The number of nitrogens with zero attached hydrogens (tertiary/aromatic N) is 2. The molecule has 1 aliphatic heterocycles. The van der Waals surface area contributed by atoms with Crippen LogP contribution in [0, 0.1) is 12.3 Å². The number of likely N-dealkylation sites (tertiary alicyclic amines) is 1. The van der Waals surface area contributed by atoms with E-state index in [4.69, 9.17) is 10.5 Å². The number of hydrogen-bond acceptors (Lipinski definition) is 4. The second-order valence-corrected chi connectivity index (χ2v) is 8.49. The van der Waals surface area contributed by atoms with Crippen molar-refractivity contribution >= 4 is 5.91 Å². The van der Waals surface area contributed by atoms with Gasteiger partial charge in [0.1, 0.15) is 5.75 Å². The standard InChI is InChI=1S/C26H29N3O2/c1-19-5-3-8-23(24(19)31-2)17-29-14-11-26(18-29,25(27)30)16-20-6-4-7-22(15-20)21-9-12-28-13-10-21/h3-10,12-13,15H,11,14,16-18H2,1-2H3,(H2,27,30)/t26-/m1/s1. The maximum atomic E-state index is 12.6. The lowest BCUT2D eigenvalue weighted by atomic mass is 9.79. The van der Waals surface area contributed by atoms with E-state index in [1.165, 1.54) is 0 Å². The quantitative estimate of drug-likeness (QED) is 0.634. The number of benzene rings is 2. The van der Waals surface area contributed by atoms with Crippen molar-refractivity contribution in [1.29, 1.82) is 0 Å². The maximum Gasteiger partial charge on any atom is 0.225 e. The number of pyridine rings is 1. The minimum atomic E-state index is -0.562. The zero-order valence-corrected chi connectivity index (χ0v) is 18.2. The van der Waals surface area contributed by atoms with Gasteiger partial charge in [0.15, 0.2) is 0 Å². The normalized spacial score (nSPS) is 18.8. The van der Waals surface area contributed by atoms with E-state index in [-0.39, 0.29) is 5.91 Å². The topological polar surface area (TPSA) is 68.4 Å². The van der Waals surface area contributed by atoms with Crippen molar-refractivity contribution < 1.29 is 9.53 Å². The summed E-state index contributed by atoms with van der Waals surface area (Å²) in [5, 5.41) is 0. The van der Waals surface area contributed by atoms with Crippen molar-refractivity contribution in [1.82, 2.24) is 9.88 Å². The minimum absolute atomic E-state index is 0.222. The summed E-state index contributed by atoms with van der Waals surface area (Å²) in [4.78, 5) is 19.0. The molecule has 2 N–H and O–H groups in total. The van der Waals surface area contributed by atoms with E-state index < -0.39 is 5.41 Å². The Bertz CT molecular complexity index is 1070. The summed E-state index contributed by atoms with van der Waals surface area (Å²) in [6, 6.07) is 18.6. The van der Waals surface area contributed by atoms with Crippen LogP contribution in [0.1, 0.15) is 23.1 Å². The van der Waals surface area contributed by atoms with Crippen molar-refractivity contribution in [3.63, 3.8) is 0 Å². The van der Waals surface area contributed by atoms with Gasteiger partial charge in [0.25, 0.3) is 0 Å². The van der Waals surface area contributed by atoms with Gasteiger partial charge in [0, 0.05) is 31.0 Å². The average molecular weight is 416 g/mol. The SMILES string of the molecule is COc1c(C)cccc1CN1CC[C@](Cc2cccc(-c3ccncc3)c2)(C(N)=O)C1. The lowest BCUT2D eigenvalue weighted by Gasteiger charge is -2.27. The number of carbonyl (C=O) groups is 1. The molecule has 5 nitrogen and oxygen atoms in total. The Morgan fingerprint density at radius 3 is 2.65 bits per heavy atom. The highest BCUT2D eigenvalue weighted by Gasteiger charge is 2.43. The van der Waals surface area contributed by atoms with E-state index in [1.807, 2.05) is 18.2 Å². The van der Waals surface area contributed by atoms with E-state index in [0.717, 1.165) is 53.1 Å². The molecule has 0 unspecified atom stereocenters. The number of nitrogens with two attached hydrogens (primary N) is 1. The fourth-order valence-corrected chi connectivity index (χ4v) is 4.69. The van der Waals surface area contributed by atoms with Crippen molar-refractivity contribution in [2.45, 2.75) is 26.3 Å². The van der Waals surface area contributed by atoms with Gasteiger partial charge in [-0.05, 0) is 60.7 Å². The zero-order chi connectivity index (χ0) is 21.8. The third-order valence-electron chi connectivity index (χ3n) is 6.33. The zero-order valence-electron chi connectivity index (χ0n) is 18.2. The second-order valence-electron chi connectivity index (χ2n) is 8.49. The van der Waals surface area contributed by atoms with Gasteiger partial charge in [0.05, 0.1) is 12.5 Å². The predicted octanol–water partition coefficient (Wildman–Crippen LogP) is 3.99. The van der Waals surface area contributed by atoms with Crippen LogP contribution in [-0.4, -0.2) is 36.0 Å². The molecule has 1 fully saturated rings. The summed E-state index contributed by atoms with van der Waals surface area (Å²) in [7, 11) is 1.71. The van der Waals surface area contributed by atoms with E-state index in [0.29, 0.717) is 13.0 Å². The monoisotopic (exact) mass is 415 g/mol. The number of ether oxygens (including phenoxy) is 1. The van der Waals surface area contributed by atoms with Crippen molar-refractivity contribution in [3.05, 3.63) is 83.7 Å². The molecule has 0 bridgehead atoms. The molecule has 2 heterocycles. The molecule has 4 rings (SSSR count). The molecule has 1 atom stereocenters. The van der Waals surface area contributed by atoms with Gasteiger partial charge in [-0.1, -0.05) is 42.5 Å². The van der Waals surface area contributed by atoms with Gasteiger partial charge in [-0.25, -0.2) is 0 Å². The smallest absolute Gasteiger partial charge is 0.225 e. The van der Waals surface area contributed by atoms with Gasteiger partial charge in [-0.3, -0.25) is 14.7 Å². The number of aryl methyl sites for hydroxylation is 1. The lowest BCUT2D eigenvalue weighted by Crippen LogP contribution is -2.41. The molecule has 2 aromatic carbocycles. The Morgan fingerprint density at radius 1 is 1.13 bits per heavy atom. The molecule has 5 heteroatoms. The third-order valence-corrected chi connectivity index (χ3v) is 6.33. The predicted molar refractivity (Wildman–Crippen MR) is 123 cm³/mol. The number of methoxy groups -OCH3 is 1. The fourth-order valence-electron chi connectivity index (χ4n) is 4.69. The van der Waals surface area contributed by atoms with Crippen LogP contribution in [0.3, 0.4) is 0 Å². The van der Waals surface area contributed by atoms with Crippen molar-refractivity contribution in [2.75, 3.05) is 20.2 Å². The van der Waals surface area contributed by atoms with E-state index >= 15 is 0 Å². The number of para-hydroxylation sites is 1. The Kier molecular flexibility index (Phi) is 6.05. The molecule has 1 aromatic heterocycles. The first kappa shape index (κ1) is 21.1. The summed E-state index contributed by atoms with van der Waals surface area (Å²) in [5.74, 6) is 0.699. The molecular formula is C26H29N3O2. The Hall–Kier alpha value is -3.18. The van der Waals surface area contributed by atoms with Crippen LogP contribution in [0.25, 0.3) is 11.1 Å². The molecule has 1 saturated heterocycles. The Balaban J connectivity index is 1.54.